The second-order valence-electron chi connectivity index (χ2n) is 10.5. The molecular formula is C27H45N3O2. The molecule has 3 amide bonds. The van der Waals surface area contributed by atoms with Gasteiger partial charge in [-0.25, -0.2) is 4.79 Å². The molecule has 1 heterocycles. The fourth-order valence-electron chi connectivity index (χ4n) is 4.38. The average Bonchev–Trinajstić information content (AvgIpc) is 2.95. The van der Waals surface area contributed by atoms with Gasteiger partial charge in [-0.2, -0.15) is 0 Å². The number of aryl methyl sites for hydroxylation is 1. The van der Waals surface area contributed by atoms with Gasteiger partial charge in [-0.05, 0) is 48.8 Å². The van der Waals surface area contributed by atoms with Gasteiger partial charge < -0.3 is 10.6 Å². The van der Waals surface area contributed by atoms with Crippen LogP contribution >= 0.6 is 0 Å². The Kier molecular flexibility index (Phi) is 10.7. The van der Waals surface area contributed by atoms with E-state index in [9.17, 15) is 9.59 Å². The zero-order valence-electron chi connectivity index (χ0n) is 20.9. The molecule has 1 saturated heterocycles. The molecule has 5 heteroatoms. The third-order valence-electron chi connectivity index (χ3n) is 6.16. The van der Waals surface area contributed by atoms with Crippen molar-refractivity contribution in [2.24, 2.45) is 11.1 Å². The van der Waals surface area contributed by atoms with Crippen LogP contribution in [0.1, 0.15) is 90.2 Å². The third kappa shape index (κ3) is 8.23. The predicted molar refractivity (Wildman–Crippen MR) is 133 cm³/mol. The van der Waals surface area contributed by atoms with Crippen molar-refractivity contribution < 1.29 is 9.59 Å². The first-order valence-electron chi connectivity index (χ1n) is 12.7. The number of urea groups is 1. The largest absolute Gasteiger partial charge is 0.330 e. The minimum atomic E-state index is -0.413. The van der Waals surface area contributed by atoms with Gasteiger partial charge in [0, 0.05) is 19.5 Å². The fraction of sp³-hybridized carbons (Fsp3) is 0.704. The Balaban J connectivity index is 1.99. The van der Waals surface area contributed by atoms with Crippen LogP contribution in [0.2, 0.25) is 0 Å². The first-order valence-corrected chi connectivity index (χ1v) is 12.7. The number of amides is 3. The number of carbonyl (C=O) groups excluding carboxylic acids is 2. The summed E-state index contributed by atoms with van der Waals surface area (Å²) in [4.78, 5) is 29.4. The topological polar surface area (TPSA) is 66.6 Å². The molecule has 2 N–H and O–H groups in total. The Morgan fingerprint density at radius 3 is 2.12 bits per heavy atom. The molecule has 0 aromatic heterocycles. The van der Waals surface area contributed by atoms with Crippen molar-refractivity contribution in [1.29, 1.82) is 0 Å². The average molecular weight is 444 g/mol. The molecule has 1 fully saturated rings. The molecule has 0 aliphatic carbocycles. The molecule has 180 valence electrons. The predicted octanol–water partition coefficient (Wildman–Crippen LogP) is 5.55. The van der Waals surface area contributed by atoms with Crippen LogP contribution in [0.4, 0.5) is 4.79 Å². The number of rotatable bonds is 14. The minimum absolute atomic E-state index is 0.0626. The van der Waals surface area contributed by atoms with Crippen LogP contribution in [-0.4, -0.2) is 47.4 Å². The lowest BCUT2D eigenvalue weighted by atomic mass is 9.94. The molecule has 5 nitrogen and oxygen atoms in total. The van der Waals surface area contributed by atoms with E-state index in [1.54, 1.807) is 4.90 Å². The quantitative estimate of drug-likeness (QED) is 0.303. The molecule has 0 saturated carbocycles. The summed E-state index contributed by atoms with van der Waals surface area (Å²) < 4.78 is 0. The van der Waals surface area contributed by atoms with Crippen LogP contribution < -0.4 is 5.73 Å². The normalized spacial score (nSPS) is 17.0. The second kappa shape index (κ2) is 13.0. The summed E-state index contributed by atoms with van der Waals surface area (Å²) in [5, 5.41) is 0. The molecule has 0 spiro atoms. The zero-order chi connectivity index (χ0) is 23.6. The Morgan fingerprint density at radius 1 is 0.875 bits per heavy atom. The first kappa shape index (κ1) is 26.4. The van der Waals surface area contributed by atoms with Crippen molar-refractivity contribution in [2.75, 3.05) is 19.6 Å². The Hall–Kier alpha value is -1.88. The van der Waals surface area contributed by atoms with Gasteiger partial charge in [0.25, 0.3) is 5.91 Å². The molecule has 0 bridgehead atoms. The summed E-state index contributed by atoms with van der Waals surface area (Å²) in [6.07, 6.45) is 11.1. The molecule has 1 aromatic carbocycles. The van der Waals surface area contributed by atoms with Crippen LogP contribution in [0.15, 0.2) is 24.3 Å². The van der Waals surface area contributed by atoms with Gasteiger partial charge in [-0.1, -0.05) is 84.1 Å². The molecule has 2 rings (SSSR count). The summed E-state index contributed by atoms with van der Waals surface area (Å²) in [5.41, 5.74) is 8.00. The lowest BCUT2D eigenvalue weighted by Gasteiger charge is -2.29. The van der Waals surface area contributed by atoms with Crippen LogP contribution in [0.3, 0.4) is 0 Å². The number of imide groups is 1. The Labute approximate surface area is 195 Å². The third-order valence-corrected chi connectivity index (χ3v) is 6.16. The minimum Gasteiger partial charge on any atom is -0.330 e. The van der Waals surface area contributed by atoms with E-state index in [0.29, 0.717) is 26.1 Å². The van der Waals surface area contributed by atoms with E-state index in [0.717, 1.165) is 24.8 Å². The smallest absolute Gasteiger partial charge is 0.327 e. The zero-order valence-corrected chi connectivity index (χ0v) is 20.9. The van der Waals surface area contributed by atoms with Crippen molar-refractivity contribution in [1.82, 2.24) is 9.80 Å². The van der Waals surface area contributed by atoms with Gasteiger partial charge >= 0.3 is 6.03 Å². The van der Waals surface area contributed by atoms with Crippen LogP contribution in [-0.2, 0) is 17.6 Å². The molecule has 1 aliphatic heterocycles. The maximum Gasteiger partial charge on any atom is 0.327 e. The maximum absolute atomic E-state index is 13.2. The van der Waals surface area contributed by atoms with Crippen molar-refractivity contribution in [2.45, 2.75) is 97.9 Å². The van der Waals surface area contributed by atoms with E-state index in [-0.39, 0.29) is 17.4 Å². The molecule has 32 heavy (non-hydrogen) atoms. The summed E-state index contributed by atoms with van der Waals surface area (Å²) >= 11 is 0. The Morgan fingerprint density at radius 2 is 1.50 bits per heavy atom. The highest BCUT2D eigenvalue weighted by Crippen LogP contribution is 2.27. The van der Waals surface area contributed by atoms with Gasteiger partial charge in [-0.15, -0.1) is 0 Å². The van der Waals surface area contributed by atoms with E-state index in [4.69, 9.17) is 5.73 Å². The van der Waals surface area contributed by atoms with Crippen molar-refractivity contribution in [3.05, 3.63) is 35.4 Å². The SMILES string of the molecule is CCCCCCCCc1ccc(CC2C(=O)N(CCCCN)C(=O)N2CC(C)(C)C)cc1. The summed E-state index contributed by atoms with van der Waals surface area (Å²) in [6, 6.07) is 8.09. The molecule has 0 radical (unpaired) electrons. The van der Waals surface area contributed by atoms with Crippen molar-refractivity contribution in [3.63, 3.8) is 0 Å². The number of hydrogen-bond donors (Lipinski definition) is 1. The van der Waals surface area contributed by atoms with Gasteiger partial charge in [0.05, 0.1) is 0 Å². The number of nitrogens with two attached hydrogens (primary N) is 1. The van der Waals surface area contributed by atoms with E-state index < -0.39 is 6.04 Å². The number of nitrogens with zero attached hydrogens (tertiary/aromatic N) is 2. The summed E-state index contributed by atoms with van der Waals surface area (Å²) in [6.45, 7) is 10.2. The summed E-state index contributed by atoms with van der Waals surface area (Å²) in [5.74, 6) is -0.0626. The van der Waals surface area contributed by atoms with Gasteiger partial charge in [0.1, 0.15) is 6.04 Å². The van der Waals surface area contributed by atoms with Crippen LogP contribution in [0.5, 0.6) is 0 Å². The van der Waals surface area contributed by atoms with E-state index in [1.807, 2.05) is 0 Å². The number of unbranched alkanes of at least 4 members (excludes halogenated alkanes) is 6. The van der Waals surface area contributed by atoms with E-state index in [1.165, 1.54) is 49.0 Å². The van der Waals surface area contributed by atoms with E-state index >= 15 is 0 Å². The number of carbonyl (C=O) groups is 2. The first-order chi connectivity index (χ1) is 15.3. The highest BCUT2D eigenvalue weighted by molar-refractivity contribution is 6.04. The van der Waals surface area contributed by atoms with Crippen molar-refractivity contribution >= 4 is 11.9 Å². The van der Waals surface area contributed by atoms with E-state index in [2.05, 4.69) is 52.0 Å². The van der Waals surface area contributed by atoms with Gasteiger partial charge in [-0.3, -0.25) is 9.69 Å². The van der Waals surface area contributed by atoms with Gasteiger partial charge in [0.2, 0.25) is 0 Å². The molecule has 1 aliphatic rings. The molecule has 1 aromatic rings. The molecule has 1 atom stereocenters. The van der Waals surface area contributed by atoms with Crippen LogP contribution in [0, 0.1) is 5.41 Å². The highest BCUT2D eigenvalue weighted by Gasteiger charge is 2.45. The molecular weight excluding hydrogens is 398 g/mol. The maximum atomic E-state index is 13.2. The fourth-order valence-corrected chi connectivity index (χ4v) is 4.38. The lowest BCUT2D eigenvalue weighted by molar-refractivity contribution is -0.128. The second-order valence-corrected chi connectivity index (χ2v) is 10.5. The number of benzene rings is 1. The highest BCUT2D eigenvalue weighted by atomic mass is 16.2. The molecule has 1 unspecified atom stereocenters. The van der Waals surface area contributed by atoms with Crippen molar-refractivity contribution in [3.8, 4) is 0 Å². The van der Waals surface area contributed by atoms with Crippen LogP contribution in [0.25, 0.3) is 0 Å². The van der Waals surface area contributed by atoms with Gasteiger partial charge in [0.15, 0.2) is 0 Å². The summed E-state index contributed by atoms with van der Waals surface area (Å²) in [7, 11) is 0. The standard InChI is InChI=1S/C27H45N3O2/c1-5-6-7-8-9-10-13-22-14-16-23(17-15-22)20-24-25(31)29(19-12-11-18-28)26(32)30(24)21-27(2,3)4/h14-17,24H,5-13,18-21,28H2,1-4H3. The monoisotopic (exact) mass is 443 g/mol. The number of hydrogen-bond acceptors (Lipinski definition) is 3. The lowest BCUT2D eigenvalue weighted by Crippen LogP contribution is -2.42. The Bertz CT molecular complexity index is 709.